The Morgan fingerprint density at radius 1 is 1.18 bits per heavy atom. The van der Waals surface area contributed by atoms with Gasteiger partial charge in [0.2, 0.25) is 0 Å². The van der Waals surface area contributed by atoms with Crippen molar-refractivity contribution >= 4 is 45.1 Å². The Morgan fingerprint density at radius 3 is 2.45 bits per heavy atom. The number of rotatable bonds is 5. The molecule has 0 radical (unpaired) electrons. The zero-order valence-corrected chi connectivity index (χ0v) is 15.1. The molecule has 0 heterocycles. The minimum absolute atomic E-state index is 0.290. The van der Waals surface area contributed by atoms with Gasteiger partial charge in [-0.05, 0) is 48.2 Å². The van der Waals surface area contributed by atoms with Gasteiger partial charge in [0.15, 0.2) is 0 Å². The molecular formula is C17H15BrCl2O2. The molecule has 22 heavy (non-hydrogen) atoms. The highest BCUT2D eigenvalue weighted by atomic mass is 79.9. The van der Waals surface area contributed by atoms with E-state index in [-0.39, 0.29) is 5.97 Å². The molecule has 2 aromatic carbocycles. The van der Waals surface area contributed by atoms with Crippen LogP contribution < -0.4 is 0 Å². The van der Waals surface area contributed by atoms with Crippen LogP contribution in [0.5, 0.6) is 0 Å². The third-order valence-electron chi connectivity index (χ3n) is 3.46. The van der Waals surface area contributed by atoms with Crippen LogP contribution in [0.15, 0.2) is 46.9 Å². The number of hydrogen-bond acceptors (Lipinski definition) is 2. The standard InChI is InChI=1S/C17H15BrCl2O2/c1-22-17(21)15(14-9-7-13(19)10-16(14)20)8-4-11-2-5-12(18)6-3-11/h2-3,5-7,9-10,15H,4,8H2,1H3/t15-/m0/s1. The summed E-state index contributed by atoms with van der Waals surface area (Å²) in [6.45, 7) is 0. The van der Waals surface area contributed by atoms with Gasteiger partial charge in [-0.1, -0.05) is 57.3 Å². The third-order valence-corrected chi connectivity index (χ3v) is 4.55. The summed E-state index contributed by atoms with van der Waals surface area (Å²) in [6.07, 6.45) is 1.38. The molecule has 116 valence electrons. The first-order valence-corrected chi connectivity index (χ1v) is 8.33. The molecule has 5 heteroatoms. The summed E-state index contributed by atoms with van der Waals surface area (Å²) in [5.41, 5.74) is 1.90. The number of halogens is 3. The number of benzene rings is 2. The van der Waals surface area contributed by atoms with Crippen molar-refractivity contribution < 1.29 is 9.53 Å². The maximum Gasteiger partial charge on any atom is 0.313 e. The monoisotopic (exact) mass is 400 g/mol. The summed E-state index contributed by atoms with van der Waals surface area (Å²) in [4.78, 5) is 12.1. The van der Waals surface area contributed by atoms with E-state index in [1.807, 2.05) is 24.3 Å². The lowest BCUT2D eigenvalue weighted by Crippen LogP contribution is -2.15. The van der Waals surface area contributed by atoms with Gasteiger partial charge in [-0.25, -0.2) is 0 Å². The predicted octanol–water partition coefficient (Wildman–Crippen LogP) is 5.65. The van der Waals surface area contributed by atoms with E-state index >= 15 is 0 Å². The summed E-state index contributed by atoms with van der Waals surface area (Å²) >= 11 is 15.6. The lowest BCUT2D eigenvalue weighted by atomic mass is 9.92. The molecule has 2 rings (SSSR count). The Balaban J connectivity index is 2.19. The topological polar surface area (TPSA) is 26.3 Å². The van der Waals surface area contributed by atoms with Gasteiger partial charge in [0, 0.05) is 14.5 Å². The molecule has 0 unspecified atom stereocenters. The molecule has 1 atom stereocenters. The van der Waals surface area contributed by atoms with Crippen LogP contribution in [-0.4, -0.2) is 13.1 Å². The highest BCUT2D eigenvalue weighted by Crippen LogP contribution is 2.31. The highest BCUT2D eigenvalue weighted by Gasteiger charge is 2.23. The zero-order chi connectivity index (χ0) is 16.1. The first kappa shape index (κ1) is 17.3. The fourth-order valence-electron chi connectivity index (χ4n) is 2.29. The molecular weight excluding hydrogens is 387 g/mol. The first-order valence-electron chi connectivity index (χ1n) is 6.78. The molecule has 0 bridgehead atoms. The van der Waals surface area contributed by atoms with Crippen molar-refractivity contribution in [3.05, 3.63) is 68.1 Å². The Labute approximate surface area is 148 Å². The average Bonchev–Trinajstić information content (AvgIpc) is 2.50. The maximum atomic E-state index is 12.1. The van der Waals surface area contributed by atoms with Crippen LogP contribution in [0.4, 0.5) is 0 Å². The fraction of sp³-hybridized carbons (Fsp3) is 0.235. The van der Waals surface area contributed by atoms with Crippen LogP contribution in [0.3, 0.4) is 0 Å². The van der Waals surface area contributed by atoms with Gasteiger partial charge in [-0.15, -0.1) is 0 Å². The Morgan fingerprint density at radius 2 is 1.86 bits per heavy atom. The molecule has 0 amide bonds. The van der Waals surface area contributed by atoms with E-state index in [4.69, 9.17) is 27.9 Å². The zero-order valence-electron chi connectivity index (χ0n) is 12.0. The molecule has 0 spiro atoms. The molecule has 0 N–H and O–H groups in total. The molecule has 0 aliphatic heterocycles. The summed E-state index contributed by atoms with van der Waals surface area (Å²) in [5, 5.41) is 1.03. The van der Waals surface area contributed by atoms with E-state index in [2.05, 4.69) is 15.9 Å². The predicted molar refractivity (Wildman–Crippen MR) is 93.7 cm³/mol. The summed E-state index contributed by atoms with van der Waals surface area (Å²) < 4.78 is 5.95. The molecule has 2 aromatic rings. The van der Waals surface area contributed by atoms with Crippen molar-refractivity contribution in [2.24, 2.45) is 0 Å². The number of hydrogen-bond donors (Lipinski definition) is 0. The van der Waals surface area contributed by atoms with Gasteiger partial charge in [0.05, 0.1) is 13.0 Å². The van der Waals surface area contributed by atoms with E-state index in [0.29, 0.717) is 16.5 Å². The van der Waals surface area contributed by atoms with Crippen LogP contribution in [0.25, 0.3) is 0 Å². The van der Waals surface area contributed by atoms with Gasteiger partial charge >= 0.3 is 5.97 Å². The fourth-order valence-corrected chi connectivity index (χ4v) is 3.09. The van der Waals surface area contributed by atoms with Crippen molar-refractivity contribution in [3.63, 3.8) is 0 Å². The van der Waals surface area contributed by atoms with E-state index in [1.54, 1.807) is 18.2 Å². The lowest BCUT2D eigenvalue weighted by molar-refractivity contribution is -0.142. The summed E-state index contributed by atoms with van der Waals surface area (Å²) in [6, 6.07) is 13.2. The molecule has 0 aromatic heterocycles. The summed E-state index contributed by atoms with van der Waals surface area (Å²) in [7, 11) is 1.39. The van der Waals surface area contributed by atoms with Crippen LogP contribution in [0.1, 0.15) is 23.5 Å². The van der Waals surface area contributed by atoms with Crippen LogP contribution in [-0.2, 0) is 16.0 Å². The molecule has 2 nitrogen and oxygen atoms in total. The van der Waals surface area contributed by atoms with Gasteiger partial charge < -0.3 is 4.74 Å². The van der Waals surface area contributed by atoms with Crippen molar-refractivity contribution in [1.29, 1.82) is 0 Å². The van der Waals surface area contributed by atoms with Crippen LogP contribution in [0.2, 0.25) is 10.0 Å². The molecule has 0 aliphatic carbocycles. The number of methoxy groups -OCH3 is 1. The lowest BCUT2D eigenvalue weighted by Gasteiger charge is -2.16. The van der Waals surface area contributed by atoms with E-state index in [1.165, 1.54) is 7.11 Å². The number of carbonyl (C=O) groups is 1. The minimum atomic E-state index is -0.404. The van der Waals surface area contributed by atoms with Gasteiger partial charge in [0.25, 0.3) is 0 Å². The number of esters is 1. The van der Waals surface area contributed by atoms with E-state index in [9.17, 15) is 4.79 Å². The van der Waals surface area contributed by atoms with Gasteiger partial charge in [-0.2, -0.15) is 0 Å². The van der Waals surface area contributed by atoms with Gasteiger partial charge in [0.1, 0.15) is 0 Å². The Hall–Kier alpha value is -1.03. The SMILES string of the molecule is COC(=O)[C@@H](CCc1ccc(Br)cc1)c1ccc(Cl)cc1Cl. The van der Waals surface area contributed by atoms with Crippen molar-refractivity contribution in [2.75, 3.05) is 7.11 Å². The second-order valence-electron chi connectivity index (χ2n) is 4.91. The van der Waals surface area contributed by atoms with E-state index < -0.39 is 5.92 Å². The number of aryl methyl sites for hydroxylation is 1. The van der Waals surface area contributed by atoms with Crippen LogP contribution in [0, 0.1) is 0 Å². The Bertz CT molecular complexity index is 656. The molecule has 0 saturated heterocycles. The van der Waals surface area contributed by atoms with Crippen molar-refractivity contribution in [3.8, 4) is 0 Å². The second-order valence-corrected chi connectivity index (χ2v) is 6.67. The number of ether oxygens (including phenoxy) is 1. The van der Waals surface area contributed by atoms with Crippen molar-refractivity contribution in [1.82, 2.24) is 0 Å². The smallest absolute Gasteiger partial charge is 0.313 e. The first-order chi connectivity index (χ1) is 10.5. The van der Waals surface area contributed by atoms with E-state index in [0.717, 1.165) is 22.0 Å². The normalized spacial score (nSPS) is 12.0. The molecule has 0 aliphatic rings. The second kappa shape index (κ2) is 8.00. The highest BCUT2D eigenvalue weighted by molar-refractivity contribution is 9.10. The average molecular weight is 402 g/mol. The van der Waals surface area contributed by atoms with Gasteiger partial charge in [-0.3, -0.25) is 4.79 Å². The maximum absolute atomic E-state index is 12.1. The van der Waals surface area contributed by atoms with Crippen LogP contribution >= 0.6 is 39.1 Å². The third kappa shape index (κ3) is 4.48. The van der Waals surface area contributed by atoms with Crippen molar-refractivity contribution in [2.45, 2.75) is 18.8 Å². The molecule has 0 saturated carbocycles. The number of carbonyl (C=O) groups excluding carboxylic acids is 1. The largest absolute Gasteiger partial charge is 0.469 e. The summed E-state index contributed by atoms with van der Waals surface area (Å²) in [5.74, 6) is -0.695. The Kier molecular flexibility index (Phi) is 6.30. The minimum Gasteiger partial charge on any atom is -0.469 e. The molecule has 0 fully saturated rings. The quantitative estimate of drug-likeness (QED) is 0.605.